The van der Waals surface area contributed by atoms with Crippen LogP contribution in [0.3, 0.4) is 0 Å². The predicted molar refractivity (Wildman–Crippen MR) is 77.4 cm³/mol. The van der Waals surface area contributed by atoms with Crippen molar-refractivity contribution in [3.8, 4) is 17.4 Å². The van der Waals surface area contributed by atoms with E-state index in [4.69, 9.17) is 4.74 Å². The highest BCUT2D eigenvalue weighted by Gasteiger charge is 2.20. The van der Waals surface area contributed by atoms with Gasteiger partial charge in [0.15, 0.2) is 0 Å². The molecule has 0 bridgehead atoms. The average molecular weight is 281 g/mol. The fourth-order valence-corrected chi connectivity index (χ4v) is 2.44. The first-order chi connectivity index (χ1) is 10.3. The van der Waals surface area contributed by atoms with Crippen molar-refractivity contribution in [2.75, 3.05) is 5.32 Å². The topological polar surface area (TPSA) is 39.1 Å². The van der Waals surface area contributed by atoms with E-state index in [-0.39, 0.29) is 5.82 Å². The van der Waals surface area contributed by atoms with Gasteiger partial charge in [-0.2, -0.15) is 0 Å². The number of hydrogen-bond donors (Lipinski definition) is 1. The molecule has 0 unspecified atom stereocenters. The van der Waals surface area contributed by atoms with Gasteiger partial charge in [0.1, 0.15) is 17.4 Å². The summed E-state index contributed by atoms with van der Waals surface area (Å²) in [6, 6.07) is 14.4. The normalized spacial score (nSPS) is 12.2. The Morgan fingerprint density at radius 3 is 2.76 bits per heavy atom. The molecule has 4 rings (SSSR count). The number of rotatable bonds is 2. The second-order valence-corrected chi connectivity index (χ2v) is 4.80. The third-order valence-electron chi connectivity index (χ3n) is 3.44. The van der Waals surface area contributed by atoms with Crippen molar-refractivity contribution >= 4 is 5.82 Å². The first kappa shape index (κ1) is 12.0. The predicted octanol–water partition coefficient (Wildman–Crippen LogP) is 3.73. The van der Waals surface area contributed by atoms with E-state index in [1.165, 1.54) is 17.7 Å². The monoisotopic (exact) mass is 281 g/mol. The molecule has 0 saturated carbocycles. The van der Waals surface area contributed by atoms with Crippen LogP contribution in [-0.2, 0) is 6.54 Å². The number of imidazole rings is 1. The van der Waals surface area contributed by atoms with Gasteiger partial charge >= 0.3 is 6.01 Å². The Balaban J connectivity index is 1.76. The largest absolute Gasteiger partial charge is 0.425 e. The fourth-order valence-electron chi connectivity index (χ4n) is 2.44. The minimum atomic E-state index is -0.292. The molecule has 4 nitrogen and oxygen atoms in total. The zero-order valence-electron chi connectivity index (χ0n) is 11.1. The molecule has 1 aliphatic heterocycles. The van der Waals surface area contributed by atoms with Gasteiger partial charge in [-0.05, 0) is 35.9 Å². The van der Waals surface area contributed by atoms with E-state index in [2.05, 4.69) is 16.4 Å². The summed E-state index contributed by atoms with van der Waals surface area (Å²) in [6.07, 6.45) is 1.73. The lowest BCUT2D eigenvalue weighted by Crippen LogP contribution is -2.14. The van der Waals surface area contributed by atoms with Gasteiger partial charge in [0.05, 0.1) is 11.9 Å². The van der Waals surface area contributed by atoms with Crippen LogP contribution in [0.15, 0.2) is 54.7 Å². The standard InChI is InChI=1S/C16H12FN3O/c17-12-5-7-13(8-6-12)21-16-19-10-15-18-9-11-3-1-2-4-14(11)20(15)16/h1-8,10,18H,9H2. The molecule has 0 aliphatic carbocycles. The van der Waals surface area contributed by atoms with Crippen molar-refractivity contribution in [3.63, 3.8) is 0 Å². The van der Waals surface area contributed by atoms with E-state index in [0.29, 0.717) is 11.8 Å². The van der Waals surface area contributed by atoms with Crippen LogP contribution in [-0.4, -0.2) is 9.55 Å². The number of benzene rings is 2. The molecule has 5 heteroatoms. The van der Waals surface area contributed by atoms with Crippen LogP contribution in [0.25, 0.3) is 5.69 Å². The third-order valence-corrected chi connectivity index (χ3v) is 3.44. The second-order valence-electron chi connectivity index (χ2n) is 4.80. The van der Waals surface area contributed by atoms with Gasteiger partial charge in [-0.1, -0.05) is 18.2 Å². The molecule has 0 amide bonds. The maximum atomic E-state index is 12.9. The molecule has 0 fully saturated rings. The number of anilines is 1. The van der Waals surface area contributed by atoms with Crippen molar-refractivity contribution in [3.05, 3.63) is 66.1 Å². The number of nitrogens with one attached hydrogen (secondary N) is 1. The zero-order valence-corrected chi connectivity index (χ0v) is 11.1. The van der Waals surface area contributed by atoms with E-state index in [1.807, 2.05) is 22.8 Å². The Kier molecular flexibility index (Phi) is 2.64. The van der Waals surface area contributed by atoms with Crippen LogP contribution in [0.2, 0.25) is 0 Å². The van der Waals surface area contributed by atoms with Crippen molar-refractivity contribution in [2.24, 2.45) is 0 Å². The van der Waals surface area contributed by atoms with E-state index in [9.17, 15) is 4.39 Å². The van der Waals surface area contributed by atoms with Crippen molar-refractivity contribution in [1.29, 1.82) is 0 Å². The number of nitrogens with zero attached hydrogens (tertiary/aromatic N) is 2. The summed E-state index contributed by atoms with van der Waals surface area (Å²) in [6.45, 7) is 0.762. The molecule has 0 saturated heterocycles. The van der Waals surface area contributed by atoms with Crippen molar-refractivity contribution < 1.29 is 9.13 Å². The van der Waals surface area contributed by atoms with Crippen LogP contribution in [0, 0.1) is 5.82 Å². The highest BCUT2D eigenvalue weighted by atomic mass is 19.1. The first-order valence-corrected chi connectivity index (χ1v) is 6.64. The summed E-state index contributed by atoms with van der Waals surface area (Å²) in [7, 11) is 0. The Morgan fingerprint density at radius 2 is 1.90 bits per heavy atom. The highest BCUT2D eigenvalue weighted by Crippen LogP contribution is 2.32. The van der Waals surface area contributed by atoms with Gasteiger partial charge in [0.2, 0.25) is 0 Å². The maximum Gasteiger partial charge on any atom is 0.308 e. The first-order valence-electron chi connectivity index (χ1n) is 6.64. The quantitative estimate of drug-likeness (QED) is 0.778. The fraction of sp³-hybridized carbons (Fsp3) is 0.0625. The Labute approximate surface area is 120 Å². The maximum absolute atomic E-state index is 12.9. The SMILES string of the molecule is Fc1ccc(Oc2ncc3n2-c2ccccc2CN3)cc1. The van der Waals surface area contributed by atoms with Gasteiger partial charge in [0.25, 0.3) is 0 Å². The number of halogens is 1. The second kappa shape index (κ2) is 4.63. The molecule has 1 N–H and O–H groups in total. The molecule has 2 heterocycles. The minimum Gasteiger partial charge on any atom is -0.425 e. The Bertz CT molecular complexity index is 796. The zero-order chi connectivity index (χ0) is 14.2. The van der Waals surface area contributed by atoms with E-state index in [0.717, 1.165) is 18.1 Å². The minimum absolute atomic E-state index is 0.292. The van der Waals surface area contributed by atoms with Crippen LogP contribution >= 0.6 is 0 Å². The van der Waals surface area contributed by atoms with Crippen LogP contribution < -0.4 is 10.1 Å². The molecule has 3 aromatic rings. The summed E-state index contributed by atoms with van der Waals surface area (Å²) in [5.74, 6) is 1.14. The molecule has 0 spiro atoms. The van der Waals surface area contributed by atoms with Crippen molar-refractivity contribution in [1.82, 2.24) is 9.55 Å². The van der Waals surface area contributed by atoms with Crippen LogP contribution in [0.1, 0.15) is 5.56 Å². The molecule has 2 aromatic carbocycles. The number of fused-ring (bicyclic) bond motifs is 3. The molecule has 0 radical (unpaired) electrons. The van der Waals surface area contributed by atoms with E-state index >= 15 is 0 Å². The number of para-hydroxylation sites is 1. The highest BCUT2D eigenvalue weighted by molar-refractivity contribution is 5.57. The third kappa shape index (κ3) is 2.03. The molecular weight excluding hydrogens is 269 g/mol. The van der Waals surface area contributed by atoms with Crippen LogP contribution in [0.5, 0.6) is 11.8 Å². The average Bonchev–Trinajstić information content (AvgIpc) is 2.93. The van der Waals surface area contributed by atoms with Crippen LogP contribution in [0.4, 0.5) is 10.2 Å². The molecular formula is C16H12FN3O. The number of ether oxygens (including phenoxy) is 1. The number of hydrogen-bond acceptors (Lipinski definition) is 3. The van der Waals surface area contributed by atoms with Gasteiger partial charge in [0, 0.05) is 6.54 Å². The molecule has 1 aromatic heterocycles. The molecule has 0 atom stereocenters. The van der Waals surface area contributed by atoms with Gasteiger partial charge in [-0.3, -0.25) is 0 Å². The lowest BCUT2D eigenvalue weighted by molar-refractivity contribution is 0.433. The molecule has 21 heavy (non-hydrogen) atoms. The van der Waals surface area contributed by atoms with Crippen molar-refractivity contribution in [2.45, 2.75) is 6.54 Å². The summed E-state index contributed by atoms with van der Waals surface area (Å²) >= 11 is 0. The lowest BCUT2D eigenvalue weighted by Gasteiger charge is -2.21. The number of aromatic nitrogens is 2. The summed E-state index contributed by atoms with van der Waals surface area (Å²) in [5.41, 5.74) is 2.22. The Hall–Kier alpha value is -2.82. The summed E-state index contributed by atoms with van der Waals surface area (Å²) < 4.78 is 20.6. The molecule has 104 valence electrons. The smallest absolute Gasteiger partial charge is 0.308 e. The summed E-state index contributed by atoms with van der Waals surface area (Å²) in [5, 5.41) is 3.29. The van der Waals surface area contributed by atoms with Gasteiger partial charge in [-0.25, -0.2) is 13.9 Å². The van der Waals surface area contributed by atoms with E-state index < -0.39 is 0 Å². The lowest BCUT2D eigenvalue weighted by atomic mass is 10.1. The van der Waals surface area contributed by atoms with Gasteiger partial charge in [-0.15, -0.1) is 0 Å². The van der Waals surface area contributed by atoms with E-state index in [1.54, 1.807) is 18.3 Å². The molecule has 1 aliphatic rings. The Morgan fingerprint density at radius 1 is 1.10 bits per heavy atom. The van der Waals surface area contributed by atoms with Gasteiger partial charge < -0.3 is 10.1 Å². The summed E-state index contributed by atoms with van der Waals surface area (Å²) in [4.78, 5) is 4.30.